The molecule has 0 unspecified atom stereocenters. The normalized spacial score (nSPS) is 18.9. The van der Waals surface area contributed by atoms with E-state index in [0.29, 0.717) is 25.4 Å². The molecule has 20 heavy (non-hydrogen) atoms. The third-order valence-corrected chi connectivity index (χ3v) is 4.33. The van der Waals surface area contributed by atoms with Gasteiger partial charge in [0.05, 0.1) is 25.6 Å². The van der Waals surface area contributed by atoms with E-state index in [-0.39, 0.29) is 12.0 Å². The first-order chi connectivity index (χ1) is 9.72. The summed E-state index contributed by atoms with van der Waals surface area (Å²) in [7, 11) is 1.65. The van der Waals surface area contributed by atoms with Crippen LogP contribution in [0.5, 0.6) is 5.75 Å². The van der Waals surface area contributed by atoms with Crippen molar-refractivity contribution in [3.8, 4) is 5.75 Å². The van der Waals surface area contributed by atoms with Gasteiger partial charge in [0.1, 0.15) is 5.75 Å². The fraction of sp³-hybridized carbons (Fsp3) is 0.533. The number of ether oxygens (including phenoxy) is 2. The molecule has 110 valence electrons. The first-order valence-corrected chi connectivity index (χ1v) is 7.87. The number of carbonyl (C=O) groups is 1. The Morgan fingerprint density at radius 1 is 1.55 bits per heavy atom. The summed E-state index contributed by atoms with van der Waals surface area (Å²) in [5.74, 6) is 1.46. The van der Waals surface area contributed by atoms with Gasteiger partial charge in [-0.05, 0) is 24.6 Å². The zero-order valence-corrected chi connectivity index (χ0v) is 12.8. The predicted molar refractivity (Wildman–Crippen MR) is 80.3 cm³/mol. The van der Waals surface area contributed by atoms with Crippen molar-refractivity contribution in [2.75, 3.05) is 32.6 Å². The molecule has 0 spiro atoms. The summed E-state index contributed by atoms with van der Waals surface area (Å²) in [6, 6.07) is 7.79. The number of hydrogen-bond acceptors (Lipinski definition) is 4. The first-order valence-electron chi connectivity index (χ1n) is 6.89. The van der Waals surface area contributed by atoms with Gasteiger partial charge in [-0.25, -0.2) is 0 Å². The van der Waals surface area contributed by atoms with Crippen molar-refractivity contribution in [3.05, 3.63) is 24.3 Å². The molecule has 0 bridgehead atoms. The molecular weight excluding hydrogens is 274 g/mol. The predicted octanol–water partition coefficient (Wildman–Crippen LogP) is 2.42. The van der Waals surface area contributed by atoms with Crippen LogP contribution >= 0.6 is 11.8 Å². The molecule has 5 heteroatoms. The van der Waals surface area contributed by atoms with Crippen molar-refractivity contribution < 1.29 is 14.3 Å². The van der Waals surface area contributed by atoms with Crippen LogP contribution in [0.25, 0.3) is 0 Å². The monoisotopic (exact) mass is 295 g/mol. The number of amides is 1. The summed E-state index contributed by atoms with van der Waals surface area (Å²) < 4.78 is 10.8. The maximum absolute atomic E-state index is 12.2. The van der Waals surface area contributed by atoms with Crippen LogP contribution in [0, 0.1) is 0 Å². The molecule has 1 heterocycles. The van der Waals surface area contributed by atoms with Gasteiger partial charge in [0.2, 0.25) is 5.91 Å². The number of nitrogens with zero attached hydrogens (tertiary/aromatic N) is 1. The average Bonchev–Trinajstić information content (AvgIpc) is 2.52. The lowest BCUT2D eigenvalue weighted by Gasteiger charge is -2.32. The molecule has 0 saturated carbocycles. The van der Waals surface area contributed by atoms with Gasteiger partial charge in [-0.3, -0.25) is 4.79 Å². The smallest absolute Gasteiger partial charge is 0.233 e. The summed E-state index contributed by atoms with van der Waals surface area (Å²) in [4.78, 5) is 15.2. The number of hydrogen-bond donors (Lipinski definition) is 0. The van der Waals surface area contributed by atoms with Gasteiger partial charge in [-0.1, -0.05) is 13.0 Å². The van der Waals surface area contributed by atoms with Gasteiger partial charge in [-0.15, -0.1) is 11.8 Å². The van der Waals surface area contributed by atoms with E-state index in [4.69, 9.17) is 9.47 Å². The molecule has 0 N–H and O–H groups in total. The Morgan fingerprint density at radius 3 is 3.15 bits per heavy atom. The van der Waals surface area contributed by atoms with Crippen LogP contribution in [0.15, 0.2) is 29.2 Å². The highest BCUT2D eigenvalue weighted by atomic mass is 32.2. The summed E-state index contributed by atoms with van der Waals surface area (Å²) in [5, 5.41) is 0. The number of benzene rings is 1. The van der Waals surface area contributed by atoms with Gasteiger partial charge in [0.25, 0.3) is 0 Å². The van der Waals surface area contributed by atoms with Crippen LogP contribution < -0.4 is 4.74 Å². The molecule has 1 aliphatic heterocycles. The highest BCUT2D eigenvalue weighted by Crippen LogP contribution is 2.23. The van der Waals surface area contributed by atoms with Gasteiger partial charge in [0.15, 0.2) is 0 Å². The second kappa shape index (κ2) is 7.55. The van der Waals surface area contributed by atoms with Crippen molar-refractivity contribution in [2.24, 2.45) is 0 Å². The Kier molecular flexibility index (Phi) is 5.73. The molecule has 1 aromatic carbocycles. The first kappa shape index (κ1) is 15.2. The maximum Gasteiger partial charge on any atom is 0.233 e. The number of methoxy groups -OCH3 is 1. The van der Waals surface area contributed by atoms with Crippen LogP contribution in [0.3, 0.4) is 0 Å². The minimum atomic E-state index is 0.180. The lowest BCUT2D eigenvalue weighted by Crippen LogP contribution is -2.46. The van der Waals surface area contributed by atoms with E-state index in [9.17, 15) is 4.79 Å². The maximum atomic E-state index is 12.2. The zero-order chi connectivity index (χ0) is 14.4. The van der Waals surface area contributed by atoms with Gasteiger partial charge in [-0.2, -0.15) is 0 Å². The van der Waals surface area contributed by atoms with E-state index < -0.39 is 0 Å². The molecule has 1 amide bonds. The fourth-order valence-electron chi connectivity index (χ4n) is 2.12. The number of carbonyl (C=O) groups excluding carboxylic acids is 1. The Balaban J connectivity index is 1.85. The van der Waals surface area contributed by atoms with Crippen molar-refractivity contribution in [1.82, 2.24) is 4.90 Å². The molecular formula is C15H21NO3S. The van der Waals surface area contributed by atoms with Crippen molar-refractivity contribution >= 4 is 17.7 Å². The van der Waals surface area contributed by atoms with E-state index in [2.05, 4.69) is 6.92 Å². The van der Waals surface area contributed by atoms with Crippen LogP contribution in [0.2, 0.25) is 0 Å². The molecule has 1 fully saturated rings. The molecule has 0 radical (unpaired) electrons. The Bertz CT molecular complexity index is 452. The molecule has 1 saturated heterocycles. The van der Waals surface area contributed by atoms with Crippen LogP contribution in [-0.4, -0.2) is 49.5 Å². The lowest BCUT2D eigenvalue weighted by molar-refractivity contribution is -0.135. The quantitative estimate of drug-likeness (QED) is 0.782. The van der Waals surface area contributed by atoms with Crippen molar-refractivity contribution in [1.29, 1.82) is 0 Å². The lowest BCUT2D eigenvalue weighted by atomic mass is 10.2. The summed E-state index contributed by atoms with van der Waals surface area (Å²) in [6.45, 7) is 4.15. The highest BCUT2D eigenvalue weighted by molar-refractivity contribution is 8.00. The van der Waals surface area contributed by atoms with E-state index in [0.717, 1.165) is 17.1 Å². The third kappa shape index (κ3) is 4.15. The topological polar surface area (TPSA) is 38.8 Å². The highest BCUT2D eigenvalue weighted by Gasteiger charge is 2.22. The number of rotatable bonds is 5. The molecule has 1 aromatic rings. The van der Waals surface area contributed by atoms with Gasteiger partial charge >= 0.3 is 0 Å². The van der Waals surface area contributed by atoms with Crippen LogP contribution in [-0.2, 0) is 9.53 Å². The average molecular weight is 295 g/mol. The number of thioether (sulfide) groups is 1. The van der Waals surface area contributed by atoms with Crippen LogP contribution in [0.4, 0.5) is 0 Å². The number of morpholine rings is 1. The van der Waals surface area contributed by atoms with Gasteiger partial charge in [0, 0.05) is 18.0 Å². The van der Waals surface area contributed by atoms with Crippen LogP contribution in [0.1, 0.15) is 13.3 Å². The molecule has 0 aliphatic carbocycles. The van der Waals surface area contributed by atoms with E-state index >= 15 is 0 Å². The van der Waals surface area contributed by atoms with Crippen molar-refractivity contribution in [2.45, 2.75) is 24.3 Å². The molecule has 1 atom stereocenters. The van der Waals surface area contributed by atoms with E-state index in [1.165, 1.54) is 0 Å². The minimum absolute atomic E-state index is 0.180. The van der Waals surface area contributed by atoms with Crippen molar-refractivity contribution in [3.63, 3.8) is 0 Å². The van der Waals surface area contributed by atoms with E-state index in [1.54, 1.807) is 18.9 Å². The summed E-state index contributed by atoms with van der Waals surface area (Å²) >= 11 is 1.55. The molecule has 0 aromatic heterocycles. The minimum Gasteiger partial charge on any atom is -0.497 e. The summed E-state index contributed by atoms with van der Waals surface area (Å²) in [6.07, 6.45) is 1.14. The molecule has 1 aliphatic rings. The second-order valence-corrected chi connectivity index (χ2v) is 5.76. The van der Waals surface area contributed by atoms with E-state index in [1.807, 2.05) is 29.2 Å². The third-order valence-electron chi connectivity index (χ3n) is 3.35. The standard InChI is InChI=1S/C15H21NO3S/c1-3-12-10-16(7-8-19-12)15(17)11-20-14-6-4-5-13(9-14)18-2/h4-6,9,12H,3,7-8,10-11H2,1-2H3/t12-/m0/s1. The Labute approximate surface area is 124 Å². The largest absolute Gasteiger partial charge is 0.497 e. The Morgan fingerprint density at radius 2 is 2.40 bits per heavy atom. The van der Waals surface area contributed by atoms with Gasteiger partial charge < -0.3 is 14.4 Å². The second-order valence-electron chi connectivity index (χ2n) is 4.71. The molecule has 2 rings (SSSR count). The molecule has 4 nitrogen and oxygen atoms in total. The SMILES string of the molecule is CC[C@H]1CN(C(=O)CSc2cccc(OC)c2)CCO1. The summed E-state index contributed by atoms with van der Waals surface area (Å²) in [5.41, 5.74) is 0. The Hall–Kier alpha value is -1.20. The zero-order valence-electron chi connectivity index (χ0n) is 12.0. The fourth-order valence-corrected chi connectivity index (χ4v) is 2.97.